The lowest BCUT2D eigenvalue weighted by molar-refractivity contribution is -0.154. The Kier molecular flexibility index (Phi) is 4.03. The minimum absolute atomic E-state index is 0.224. The van der Waals surface area contributed by atoms with E-state index in [1.54, 1.807) is 0 Å². The number of alkyl halides is 4. The Morgan fingerprint density at radius 2 is 2.20 bits per heavy atom. The molecule has 1 fully saturated rings. The van der Waals surface area contributed by atoms with Crippen LogP contribution in [0.5, 0.6) is 0 Å². The number of nitrogens with zero attached hydrogens (tertiary/aromatic N) is 1. The molecular formula is C9H13BrF3NO. The molecule has 88 valence electrons. The monoisotopic (exact) mass is 287 g/mol. The lowest BCUT2D eigenvalue weighted by atomic mass is 10.1. The zero-order valence-electron chi connectivity index (χ0n) is 8.35. The second-order valence-electron chi connectivity index (χ2n) is 3.81. The minimum atomic E-state index is -4.21. The SMILES string of the molecule is CC(CC(F)(F)F)N1CCCC(Br)C1=O. The number of hydrogen-bond acceptors (Lipinski definition) is 1. The van der Waals surface area contributed by atoms with E-state index in [4.69, 9.17) is 0 Å². The van der Waals surface area contributed by atoms with Gasteiger partial charge in [-0.25, -0.2) is 0 Å². The van der Waals surface area contributed by atoms with Gasteiger partial charge in [0.25, 0.3) is 0 Å². The Bertz CT molecular complexity index is 244. The number of piperidine rings is 1. The fourth-order valence-corrected chi connectivity index (χ4v) is 2.32. The molecule has 2 nitrogen and oxygen atoms in total. The number of rotatable bonds is 2. The standard InChI is InChI=1S/C9H13BrF3NO/c1-6(5-9(11,12)13)14-4-2-3-7(10)8(14)15/h6-7H,2-5H2,1H3. The summed E-state index contributed by atoms with van der Waals surface area (Å²) in [5, 5.41) is 0. The van der Waals surface area contributed by atoms with Crippen molar-refractivity contribution < 1.29 is 18.0 Å². The summed E-state index contributed by atoms with van der Waals surface area (Å²) < 4.78 is 36.4. The summed E-state index contributed by atoms with van der Waals surface area (Å²) in [5.74, 6) is -0.224. The fraction of sp³-hybridized carbons (Fsp3) is 0.889. The Morgan fingerprint density at radius 3 is 2.73 bits per heavy atom. The first-order valence-electron chi connectivity index (χ1n) is 4.82. The molecule has 0 radical (unpaired) electrons. The molecular weight excluding hydrogens is 275 g/mol. The van der Waals surface area contributed by atoms with E-state index in [1.165, 1.54) is 11.8 Å². The lowest BCUT2D eigenvalue weighted by Gasteiger charge is -2.35. The second-order valence-corrected chi connectivity index (χ2v) is 4.92. The smallest absolute Gasteiger partial charge is 0.339 e. The van der Waals surface area contributed by atoms with Gasteiger partial charge in [0, 0.05) is 12.6 Å². The van der Waals surface area contributed by atoms with Gasteiger partial charge in [-0.2, -0.15) is 13.2 Å². The van der Waals surface area contributed by atoms with E-state index >= 15 is 0 Å². The molecule has 0 spiro atoms. The van der Waals surface area contributed by atoms with Crippen LogP contribution in [0.2, 0.25) is 0 Å². The van der Waals surface area contributed by atoms with E-state index in [0.29, 0.717) is 13.0 Å². The minimum Gasteiger partial charge on any atom is -0.339 e. The van der Waals surface area contributed by atoms with E-state index in [0.717, 1.165) is 6.42 Å². The van der Waals surface area contributed by atoms with Crippen LogP contribution in [0.3, 0.4) is 0 Å². The molecule has 2 unspecified atom stereocenters. The van der Waals surface area contributed by atoms with E-state index < -0.39 is 18.6 Å². The van der Waals surface area contributed by atoms with Crippen molar-refractivity contribution in [3.63, 3.8) is 0 Å². The molecule has 15 heavy (non-hydrogen) atoms. The molecule has 0 aliphatic carbocycles. The summed E-state index contributed by atoms with van der Waals surface area (Å²) in [4.78, 5) is 12.6. The van der Waals surface area contributed by atoms with Gasteiger partial charge >= 0.3 is 6.18 Å². The summed E-state index contributed by atoms with van der Waals surface area (Å²) in [6, 6.07) is -0.766. The van der Waals surface area contributed by atoms with Gasteiger partial charge in [0.05, 0.1) is 11.2 Å². The van der Waals surface area contributed by atoms with Gasteiger partial charge < -0.3 is 4.90 Å². The van der Waals surface area contributed by atoms with E-state index in [-0.39, 0.29) is 10.7 Å². The highest BCUT2D eigenvalue weighted by Gasteiger charge is 2.36. The summed E-state index contributed by atoms with van der Waals surface area (Å²) >= 11 is 3.17. The number of carbonyl (C=O) groups excluding carboxylic acids is 1. The van der Waals surface area contributed by atoms with Crippen molar-refractivity contribution in [2.24, 2.45) is 0 Å². The van der Waals surface area contributed by atoms with Gasteiger partial charge in [-0.3, -0.25) is 4.79 Å². The van der Waals surface area contributed by atoms with Crippen LogP contribution in [0.4, 0.5) is 13.2 Å². The average molecular weight is 288 g/mol. The quantitative estimate of drug-likeness (QED) is 0.715. The largest absolute Gasteiger partial charge is 0.391 e. The predicted octanol–water partition coefficient (Wildman–Crippen LogP) is 2.71. The third-order valence-corrected chi connectivity index (χ3v) is 3.32. The van der Waals surface area contributed by atoms with Crippen LogP contribution in [0.25, 0.3) is 0 Å². The Morgan fingerprint density at radius 1 is 1.60 bits per heavy atom. The molecule has 6 heteroatoms. The van der Waals surface area contributed by atoms with Gasteiger partial charge in [0.1, 0.15) is 0 Å². The normalized spacial score (nSPS) is 25.5. The summed E-state index contributed by atoms with van der Waals surface area (Å²) in [5.41, 5.74) is 0. The molecule has 0 aromatic carbocycles. The number of amides is 1. The number of carbonyl (C=O) groups is 1. The summed E-state index contributed by atoms with van der Waals surface area (Å²) in [7, 11) is 0. The maximum Gasteiger partial charge on any atom is 0.391 e. The molecule has 1 saturated heterocycles. The summed E-state index contributed by atoms with van der Waals surface area (Å²) in [6.07, 6.45) is -3.69. The molecule has 0 aromatic heterocycles. The van der Waals surface area contributed by atoms with Crippen molar-refractivity contribution in [3.05, 3.63) is 0 Å². The van der Waals surface area contributed by atoms with E-state index in [2.05, 4.69) is 15.9 Å². The molecule has 1 aliphatic heterocycles. The molecule has 1 rings (SSSR count). The second kappa shape index (κ2) is 4.72. The van der Waals surface area contributed by atoms with Gasteiger partial charge in [0.15, 0.2) is 0 Å². The van der Waals surface area contributed by atoms with Gasteiger partial charge in [-0.1, -0.05) is 15.9 Å². The molecule has 1 aliphatic rings. The van der Waals surface area contributed by atoms with Crippen molar-refractivity contribution in [1.82, 2.24) is 4.90 Å². The van der Waals surface area contributed by atoms with Crippen molar-refractivity contribution in [2.45, 2.75) is 43.2 Å². The van der Waals surface area contributed by atoms with Crippen LogP contribution in [-0.4, -0.2) is 34.4 Å². The zero-order chi connectivity index (χ0) is 11.6. The van der Waals surface area contributed by atoms with Crippen LogP contribution in [-0.2, 0) is 4.79 Å². The molecule has 1 amide bonds. The van der Waals surface area contributed by atoms with Gasteiger partial charge in [0.2, 0.25) is 5.91 Å². The van der Waals surface area contributed by atoms with Crippen LogP contribution in [0.15, 0.2) is 0 Å². The molecule has 0 saturated carbocycles. The van der Waals surface area contributed by atoms with Crippen molar-refractivity contribution >= 4 is 21.8 Å². The maximum atomic E-state index is 12.1. The van der Waals surface area contributed by atoms with E-state index in [9.17, 15) is 18.0 Å². The molecule has 0 aromatic rings. The lowest BCUT2D eigenvalue weighted by Crippen LogP contribution is -2.47. The number of hydrogen-bond donors (Lipinski definition) is 0. The van der Waals surface area contributed by atoms with Gasteiger partial charge in [-0.15, -0.1) is 0 Å². The zero-order valence-corrected chi connectivity index (χ0v) is 9.94. The highest BCUT2D eigenvalue weighted by Crippen LogP contribution is 2.27. The van der Waals surface area contributed by atoms with Crippen LogP contribution in [0, 0.1) is 0 Å². The number of halogens is 4. The molecule has 0 bridgehead atoms. The van der Waals surface area contributed by atoms with Crippen molar-refractivity contribution in [2.75, 3.05) is 6.54 Å². The topological polar surface area (TPSA) is 20.3 Å². The third-order valence-electron chi connectivity index (χ3n) is 2.47. The average Bonchev–Trinajstić information content (AvgIpc) is 2.06. The Hall–Kier alpha value is -0.260. The Labute approximate surface area is 94.9 Å². The number of likely N-dealkylation sites (tertiary alicyclic amines) is 1. The molecule has 1 heterocycles. The van der Waals surface area contributed by atoms with Crippen molar-refractivity contribution in [1.29, 1.82) is 0 Å². The highest BCUT2D eigenvalue weighted by atomic mass is 79.9. The Balaban J connectivity index is 2.58. The highest BCUT2D eigenvalue weighted by molar-refractivity contribution is 9.10. The maximum absolute atomic E-state index is 12.1. The van der Waals surface area contributed by atoms with Crippen LogP contribution >= 0.6 is 15.9 Å². The van der Waals surface area contributed by atoms with Crippen molar-refractivity contribution in [3.8, 4) is 0 Å². The van der Waals surface area contributed by atoms with Gasteiger partial charge in [-0.05, 0) is 19.8 Å². The molecule has 2 atom stereocenters. The first-order valence-corrected chi connectivity index (χ1v) is 5.74. The summed E-state index contributed by atoms with van der Waals surface area (Å²) in [6.45, 7) is 1.87. The first-order chi connectivity index (χ1) is 6.81. The van der Waals surface area contributed by atoms with Crippen LogP contribution < -0.4 is 0 Å². The van der Waals surface area contributed by atoms with E-state index in [1.807, 2.05) is 0 Å². The predicted molar refractivity (Wildman–Crippen MR) is 53.8 cm³/mol. The van der Waals surface area contributed by atoms with Crippen LogP contribution in [0.1, 0.15) is 26.2 Å². The first kappa shape index (κ1) is 12.8. The molecule has 0 N–H and O–H groups in total. The fourth-order valence-electron chi connectivity index (χ4n) is 1.74. The third kappa shape index (κ3) is 3.66.